The van der Waals surface area contributed by atoms with Gasteiger partial charge < -0.3 is 10.6 Å². The van der Waals surface area contributed by atoms with Gasteiger partial charge >= 0.3 is 0 Å². The molecule has 0 fully saturated rings. The lowest BCUT2D eigenvalue weighted by Crippen LogP contribution is -2.03. The van der Waals surface area contributed by atoms with Crippen molar-refractivity contribution in [3.8, 4) is 0 Å². The van der Waals surface area contributed by atoms with Crippen molar-refractivity contribution in [2.24, 2.45) is 0 Å². The lowest BCUT2D eigenvalue weighted by molar-refractivity contribution is 1.05. The number of nitrogens with zero attached hydrogens (tertiary/aromatic N) is 3. The summed E-state index contributed by atoms with van der Waals surface area (Å²) in [5, 5.41) is 6.08. The van der Waals surface area contributed by atoms with Crippen LogP contribution in [0.15, 0.2) is 18.2 Å². The molecule has 1 aromatic heterocycles. The summed E-state index contributed by atoms with van der Waals surface area (Å²) in [7, 11) is 1.73. The molecule has 0 unspecified atom stereocenters. The van der Waals surface area contributed by atoms with E-state index in [1.807, 2.05) is 18.2 Å². The standard InChI is InChI=1S/C12H14ClN5/c1-7-4-5-9(6-8(7)2)15-12-17-10(13)16-11(14-3)18-12/h4-6H,1-3H3,(H2,14,15,16,17,18). The third kappa shape index (κ3) is 2.87. The molecule has 2 N–H and O–H groups in total. The van der Waals surface area contributed by atoms with Crippen molar-refractivity contribution in [2.75, 3.05) is 17.7 Å². The average molecular weight is 264 g/mol. The highest BCUT2D eigenvalue weighted by Gasteiger charge is 2.04. The van der Waals surface area contributed by atoms with Gasteiger partial charge in [-0.2, -0.15) is 15.0 Å². The molecule has 18 heavy (non-hydrogen) atoms. The van der Waals surface area contributed by atoms with Gasteiger partial charge in [0.05, 0.1) is 0 Å². The Bertz CT molecular complexity index is 570. The molecule has 0 aliphatic rings. The van der Waals surface area contributed by atoms with Gasteiger partial charge in [0, 0.05) is 12.7 Å². The van der Waals surface area contributed by atoms with E-state index in [4.69, 9.17) is 11.6 Å². The Morgan fingerprint density at radius 3 is 2.39 bits per heavy atom. The largest absolute Gasteiger partial charge is 0.357 e. The Kier molecular flexibility index (Phi) is 3.62. The summed E-state index contributed by atoms with van der Waals surface area (Å²) in [4.78, 5) is 12.1. The summed E-state index contributed by atoms with van der Waals surface area (Å²) in [5.74, 6) is 0.851. The molecule has 0 saturated carbocycles. The van der Waals surface area contributed by atoms with Crippen LogP contribution in [0.1, 0.15) is 11.1 Å². The van der Waals surface area contributed by atoms with Crippen molar-refractivity contribution in [3.05, 3.63) is 34.6 Å². The summed E-state index contributed by atoms with van der Waals surface area (Å²) in [6.07, 6.45) is 0. The minimum atomic E-state index is 0.153. The summed E-state index contributed by atoms with van der Waals surface area (Å²) in [5.41, 5.74) is 3.36. The first-order valence-corrected chi connectivity index (χ1v) is 5.90. The van der Waals surface area contributed by atoms with Crippen LogP contribution in [0.4, 0.5) is 17.6 Å². The maximum absolute atomic E-state index is 5.81. The van der Waals surface area contributed by atoms with Crippen LogP contribution >= 0.6 is 11.6 Å². The summed E-state index contributed by atoms with van der Waals surface area (Å²) < 4.78 is 0. The zero-order valence-electron chi connectivity index (χ0n) is 10.5. The van der Waals surface area contributed by atoms with E-state index in [1.165, 1.54) is 11.1 Å². The Labute approximate surface area is 111 Å². The molecule has 0 atom stereocenters. The molecule has 0 bridgehead atoms. The molecular formula is C12H14ClN5. The highest BCUT2D eigenvalue weighted by Crippen LogP contribution is 2.18. The van der Waals surface area contributed by atoms with Crippen LogP contribution in [0.25, 0.3) is 0 Å². The van der Waals surface area contributed by atoms with Crippen molar-refractivity contribution in [1.82, 2.24) is 15.0 Å². The summed E-state index contributed by atoms with van der Waals surface area (Å²) >= 11 is 5.81. The van der Waals surface area contributed by atoms with Crippen molar-refractivity contribution in [2.45, 2.75) is 13.8 Å². The van der Waals surface area contributed by atoms with Crippen LogP contribution in [-0.4, -0.2) is 22.0 Å². The molecular weight excluding hydrogens is 250 g/mol. The molecule has 0 spiro atoms. The van der Waals surface area contributed by atoms with E-state index >= 15 is 0 Å². The SMILES string of the molecule is CNc1nc(Cl)nc(Nc2ccc(C)c(C)c2)n1. The minimum Gasteiger partial charge on any atom is -0.357 e. The molecule has 0 amide bonds. The van der Waals surface area contributed by atoms with Gasteiger partial charge in [-0.05, 0) is 48.7 Å². The number of aryl methyl sites for hydroxylation is 2. The molecule has 0 saturated heterocycles. The second kappa shape index (κ2) is 5.18. The zero-order chi connectivity index (χ0) is 13.1. The maximum Gasteiger partial charge on any atom is 0.233 e. The molecule has 2 aromatic rings. The highest BCUT2D eigenvalue weighted by atomic mass is 35.5. The van der Waals surface area contributed by atoms with Crippen LogP contribution in [0.5, 0.6) is 0 Å². The Hall–Kier alpha value is -1.88. The fraction of sp³-hybridized carbons (Fsp3) is 0.250. The normalized spacial score (nSPS) is 10.2. The fourth-order valence-electron chi connectivity index (χ4n) is 1.47. The van der Waals surface area contributed by atoms with E-state index in [0.717, 1.165) is 5.69 Å². The van der Waals surface area contributed by atoms with E-state index in [-0.39, 0.29) is 5.28 Å². The number of aromatic nitrogens is 3. The van der Waals surface area contributed by atoms with Crippen LogP contribution in [0.2, 0.25) is 5.28 Å². The van der Waals surface area contributed by atoms with Gasteiger partial charge in [-0.15, -0.1) is 0 Å². The molecule has 2 rings (SSSR count). The number of nitrogens with one attached hydrogen (secondary N) is 2. The van der Waals surface area contributed by atoms with Crippen molar-refractivity contribution < 1.29 is 0 Å². The van der Waals surface area contributed by atoms with Crippen molar-refractivity contribution in [1.29, 1.82) is 0 Å². The predicted molar refractivity (Wildman–Crippen MR) is 73.6 cm³/mol. The summed E-state index contributed by atoms with van der Waals surface area (Å²) in [6, 6.07) is 6.05. The van der Waals surface area contributed by atoms with Gasteiger partial charge in [-0.1, -0.05) is 6.07 Å². The summed E-state index contributed by atoms with van der Waals surface area (Å²) in [6.45, 7) is 4.12. The smallest absolute Gasteiger partial charge is 0.233 e. The zero-order valence-corrected chi connectivity index (χ0v) is 11.2. The molecule has 5 nitrogen and oxygen atoms in total. The quantitative estimate of drug-likeness (QED) is 0.892. The Morgan fingerprint density at radius 1 is 1.00 bits per heavy atom. The minimum absolute atomic E-state index is 0.153. The van der Waals surface area contributed by atoms with E-state index < -0.39 is 0 Å². The third-order valence-corrected chi connectivity index (χ3v) is 2.76. The first-order chi connectivity index (χ1) is 8.58. The van der Waals surface area contributed by atoms with E-state index in [2.05, 4.69) is 39.4 Å². The fourth-order valence-corrected chi connectivity index (χ4v) is 1.63. The number of benzene rings is 1. The Balaban J connectivity index is 2.27. The van der Waals surface area contributed by atoms with Crippen molar-refractivity contribution >= 4 is 29.2 Å². The van der Waals surface area contributed by atoms with Crippen molar-refractivity contribution in [3.63, 3.8) is 0 Å². The first-order valence-electron chi connectivity index (χ1n) is 5.52. The van der Waals surface area contributed by atoms with Gasteiger partial charge in [-0.3, -0.25) is 0 Å². The van der Waals surface area contributed by atoms with Gasteiger partial charge in [0.2, 0.25) is 17.2 Å². The number of halogens is 1. The number of rotatable bonds is 3. The van der Waals surface area contributed by atoms with Gasteiger partial charge in [0.25, 0.3) is 0 Å². The molecule has 94 valence electrons. The number of hydrogen-bond donors (Lipinski definition) is 2. The molecule has 1 aromatic carbocycles. The molecule has 1 heterocycles. The van der Waals surface area contributed by atoms with Crippen LogP contribution < -0.4 is 10.6 Å². The maximum atomic E-state index is 5.81. The number of anilines is 3. The van der Waals surface area contributed by atoms with Gasteiger partial charge in [0.1, 0.15) is 0 Å². The van der Waals surface area contributed by atoms with Gasteiger partial charge in [-0.25, -0.2) is 0 Å². The first kappa shape index (κ1) is 12.6. The monoisotopic (exact) mass is 263 g/mol. The van der Waals surface area contributed by atoms with Crippen LogP contribution in [0, 0.1) is 13.8 Å². The average Bonchev–Trinajstić information content (AvgIpc) is 2.33. The number of hydrogen-bond acceptors (Lipinski definition) is 5. The lowest BCUT2D eigenvalue weighted by atomic mass is 10.1. The van der Waals surface area contributed by atoms with E-state index in [9.17, 15) is 0 Å². The molecule has 0 aliphatic carbocycles. The molecule has 0 aliphatic heterocycles. The molecule has 0 radical (unpaired) electrons. The van der Waals surface area contributed by atoms with Gasteiger partial charge in [0.15, 0.2) is 0 Å². The Morgan fingerprint density at radius 2 is 1.72 bits per heavy atom. The highest BCUT2D eigenvalue weighted by molar-refractivity contribution is 6.28. The predicted octanol–water partition coefficient (Wildman–Crippen LogP) is 2.93. The second-order valence-electron chi connectivity index (χ2n) is 3.93. The second-order valence-corrected chi connectivity index (χ2v) is 4.26. The topological polar surface area (TPSA) is 62.7 Å². The van der Waals surface area contributed by atoms with E-state index in [1.54, 1.807) is 7.05 Å². The van der Waals surface area contributed by atoms with E-state index in [0.29, 0.717) is 11.9 Å². The molecule has 6 heteroatoms. The van der Waals surface area contributed by atoms with Crippen LogP contribution in [-0.2, 0) is 0 Å². The van der Waals surface area contributed by atoms with Crippen LogP contribution in [0.3, 0.4) is 0 Å². The lowest BCUT2D eigenvalue weighted by Gasteiger charge is -2.08. The third-order valence-electron chi connectivity index (χ3n) is 2.59.